The quantitative estimate of drug-likeness (QED) is 0.787. The van der Waals surface area contributed by atoms with Crippen molar-refractivity contribution in [2.45, 2.75) is 32.2 Å². The molecule has 158 valence electrons. The highest BCUT2D eigenvalue weighted by atomic mass is 35.5. The van der Waals surface area contributed by atoms with Crippen LogP contribution in [-0.2, 0) is 16.0 Å². The zero-order chi connectivity index (χ0) is 21.3. The van der Waals surface area contributed by atoms with Gasteiger partial charge in [0.2, 0.25) is 5.91 Å². The molecule has 0 radical (unpaired) electrons. The first kappa shape index (κ1) is 20.8. The number of benzene rings is 2. The van der Waals surface area contributed by atoms with Crippen LogP contribution in [-0.4, -0.2) is 31.6 Å². The number of hydrogen-bond donors (Lipinski definition) is 1. The number of nitrogens with zero attached hydrogens (tertiary/aromatic N) is 1. The molecule has 1 saturated heterocycles. The molecule has 0 saturated carbocycles. The minimum atomic E-state index is -0.621. The highest BCUT2D eigenvalue weighted by Crippen LogP contribution is 2.33. The Morgan fingerprint density at radius 2 is 1.97 bits per heavy atom. The maximum Gasteiger partial charge on any atom is 0.251 e. The van der Waals surface area contributed by atoms with Crippen LogP contribution in [0.25, 0.3) is 0 Å². The molecule has 0 aliphatic carbocycles. The molecule has 2 aliphatic rings. The van der Waals surface area contributed by atoms with Crippen LogP contribution in [0.1, 0.15) is 47.3 Å². The van der Waals surface area contributed by atoms with Crippen molar-refractivity contribution in [2.75, 3.05) is 24.7 Å². The third-order valence-electron chi connectivity index (χ3n) is 5.87. The molecular formula is C23H24ClFN2O3. The lowest BCUT2D eigenvalue weighted by Crippen LogP contribution is -2.37. The summed E-state index contributed by atoms with van der Waals surface area (Å²) in [6.45, 7) is 3.85. The van der Waals surface area contributed by atoms with E-state index >= 15 is 0 Å². The van der Waals surface area contributed by atoms with Crippen LogP contribution in [0.3, 0.4) is 0 Å². The maximum atomic E-state index is 13.6. The Balaban J connectivity index is 1.45. The fourth-order valence-corrected chi connectivity index (χ4v) is 4.20. The van der Waals surface area contributed by atoms with Gasteiger partial charge in [0.1, 0.15) is 5.82 Å². The summed E-state index contributed by atoms with van der Waals surface area (Å²) in [5.74, 6) is -0.781. The number of amides is 2. The van der Waals surface area contributed by atoms with Gasteiger partial charge in [0.25, 0.3) is 5.91 Å². The van der Waals surface area contributed by atoms with Gasteiger partial charge in [-0.2, -0.15) is 0 Å². The van der Waals surface area contributed by atoms with Gasteiger partial charge in [-0.3, -0.25) is 9.59 Å². The Hall–Kier alpha value is -2.44. The SMILES string of the molecule is CC(NC(=O)c1ccc(Cl)c(F)c1)c1ccc2c(c1)CCN2C(=O)C1CCOCC1. The number of carbonyl (C=O) groups is 2. The second-order valence-electron chi connectivity index (χ2n) is 7.84. The van der Waals surface area contributed by atoms with Crippen LogP contribution in [0.15, 0.2) is 36.4 Å². The summed E-state index contributed by atoms with van der Waals surface area (Å²) in [6, 6.07) is 9.67. The van der Waals surface area contributed by atoms with Gasteiger partial charge in [0.05, 0.1) is 11.1 Å². The van der Waals surface area contributed by atoms with Crippen molar-refractivity contribution in [1.82, 2.24) is 5.32 Å². The second kappa shape index (κ2) is 8.74. The number of halogens is 2. The topological polar surface area (TPSA) is 58.6 Å². The number of fused-ring (bicyclic) bond motifs is 1. The van der Waals surface area contributed by atoms with Crippen molar-refractivity contribution in [2.24, 2.45) is 5.92 Å². The molecule has 2 aromatic carbocycles. The first-order valence-electron chi connectivity index (χ1n) is 10.2. The summed E-state index contributed by atoms with van der Waals surface area (Å²) >= 11 is 5.68. The van der Waals surface area contributed by atoms with E-state index in [0.717, 1.165) is 42.1 Å². The highest BCUT2D eigenvalue weighted by molar-refractivity contribution is 6.30. The predicted octanol–water partition coefficient (Wildman–Crippen LogP) is 4.29. The van der Waals surface area contributed by atoms with Crippen LogP contribution in [0.2, 0.25) is 5.02 Å². The minimum Gasteiger partial charge on any atom is -0.381 e. The molecule has 1 atom stereocenters. The molecule has 7 heteroatoms. The smallest absolute Gasteiger partial charge is 0.251 e. The van der Waals surface area contributed by atoms with Gasteiger partial charge in [0.15, 0.2) is 0 Å². The van der Waals surface area contributed by atoms with E-state index in [1.807, 2.05) is 30.0 Å². The summed E-state index contributed by atoms with van der Waals surface area (Å²) in [5, 5.41) is 2.88. The maximum absolute atomic E-state index is 13.6. The largest absolute Gasteiger partial charge is 0.381 e. The second-order valence-corrected chi connectivity index (χ2v) is 8.25. The van der Waals surface area contributed by atoms with Crippen molar-refractivity contribution in [3.8, 4) is 0 Å². The fraction of sp³-hybridized carbons (Fsp3) is 0.391. The summed E-state index contributed by atoms with van der Waals surface area (Å²) in [6.07, 6.45) is 2.34. The van der Waals surface area contributed by atoms with Crippen LogP contribution in [0, 0.1) is 11.7 Å². The molecule has 2 aliphatic heterocycles. The number of ether oxygens (including phenoxy) is 1. The molecular weight excluding hydrogens is 407 g/mol. The van der Waals surface area contributed by atoms with E-state index in [2.05, 4.69) is 5.32 Å². The zero-order valence-corrected chi connectivity index (χ0v) is 17.5. The third-order valence-corrected chi connectivity index (χ3v) is 6.17. The third kappa shape index (κ3) is 4.20. The van der Waals surface area contributed by atoms with Crippen molar-refractivity contribution in [1.29, 1.82) is 0 Å². The fourth-order valence-electron chi connectivity index (χ4n) is 4.09. The molecule has 0 aromatic heterocycles. The van der Waals surface area contributed by atoms with Crippen molar-refractivity contribution in [3.05, 3.63) is 63.9 Å². The standard InChI is InChI=1S/C23H24ClFN2O3/c1-14(26-22(28)18-2-4-19(24)20(25)13-18)16-3-5-21-17(12-16)6-9-27(21)23(29)15-7-10-30-11-8-15/h2-5,12-15H,6-11H2,1H3,(H,26,28). The number of anilines is 1. The first-order valence-corrected chi connectivity index (χ1v) is 10.6. The molecule has 5 nitrogen and oxygen atoms in total. The Morgan fingerprint density at radius 3 is 2.70 bits per heavy atom. The molecule has 4 rings (SSSR count). The van der Waals surface area contributed by atoms with Gasteiger partial charge in [0, 0.05) is 36.9 Å². The van der Waals surface area contributed by atoms with E-state index in [0.29, 0.717) is 19.8 Å². The molecule has 2 heterocycles. The summed E-state index contributed by atoms with van der Waals surface area (Å²) < 4.78 is 19.0. The van der Waals surface area contributed by atoms with Crippen molar-refractivity contribution in [3.63, 3.8) is 0 Å². The van der Waals surface area contributed by atoms with Crippen molar-refractivity contribution >= 4 is 29.1 Å². The molecule has 1 fully saturated rings. The monoisotopic (exact) mass is 430 g/mol. The molecule has 1 N–H and O–H groups in total. The van der Waals surface area contributed by atoms with Gasteiger partial charge >= 0.3 is 0 Å². The van der Waals surface area contributed by atoms with Gasteiger partial charge in [-0.25, -0.2) is 4.39 Å². The Labute approximate surface area is 180 Å². The molecule has 30 heavy (non-hydrogen) atoms. The number of nitrogens with one attached hydrogen (secondary N) is 1. The van der Waals surface area contributed by atoms with Crippen LogP contribution in [0.5, 0.6) is 0 Å². The Bertz CT molecular complexity index is 975. The van der Waals surface area contributed by atoms with Crippen LogP contribution >= 0.6 is 11.6 Å². The van der Waals surface area contributed by atoms with Gasteiger partial charge < -0.3 is 15.0 Å². The summed E-state index contributed by atoms with van der Waals surface area (Å²) in [4.78, 5) is 27.3. The summed E-state index contributed by atoms with van der Waals surface area (Å²) in [7, 11) is 0. The minimum absolute atomic E-state index is 0.0157. The average molecular weight is 431 g/mol. The van der Waals surface area contributed by atoms with E-state index < -0.39 is 5.82 Å². The van der Waals surface area contributed by atoms with Gasteiger partial charge in [-0.05, 0) is 61.6 Å². The number of carbonyl (C=O) groups excluding carboxylic acids is 2. The van der Waals surface area contributed by atoms with E-state index in [4.69, 9.17) is 16.3 Å². The molecule has 0 spiro atoms. The molecule has 2 aromatic rings. The van der Waals surface area contributed by atoms with E-state index in [9.17, 15) is 14.0 Å². The lowest BCUT2D eigenvalue weighted by Gasteiger charge is -2.27. The number of hydrogen-bond acceptors (Lipinski definition) is 3. The van der Waals surface area contributed by atoms with E-state index in [1.54, 1.807) is 0 Å². The first-order chi connectivity index (χ1) is 14.4. The number of rotatable bonds is 4. The molecule has 1 unspecified atom stereocenters. The molecule has 2 amide bonds. The normalized spacial score (nSPS) is 17.5. The highest BCUT2D eigenvalue weighted by Gasteiger charge is 2.31. The van der Waals surface area contributed by atoms with E-state index in [1.165, 1.54) is 12.1 Å². The lowest BCUT2D eigenvalue weighted by molar-refractivity contribution is -0.125. The average Bonchev–Trinajstić information content (AvgIpc) is 3.19. The van der Waals surface area contributed by atoms with Gasteiger partial charge in [-0.1, -0.05) is 23.7 Å². The zero-order valence-electron chi connectivity index (χ0n) is 16.8. The lowest BCUT2D eigenvalue weighted by atomic mass is 9.98. The Morgan fingerprint density at radius 1 is 1.20 bits per heavy atom. The Kier molecular flexibility index (Phi) is 6.06. The van der Waals surface area contributed by atoms with Crippen molar-refractivity contribution < 1.29 is 18.7 Å². The van der Waals surface area contributed by atoms with E-state index in [-0.39, 0.29) is 34.4 Å². The molecule has 0 bridgehead atoms. The summed E-state index contributed by atoms with van der Waals surface area (Å²) in [5.41, 5.74) is 3.22. The van der Waals surface area contributed by atoms with Crippen LogP contribution < -0.4 is 10.2 Å². The van der Waals surface area contributed by atoms with Crippen LogP contribution in [0.4, 0.5) is 10.1 Å². The van der Waals surface area contributed by atoms with Gasteiger partial charge in [-0.15, -0.1) is 0 Å². The predicted molar refractivity (Wildman–Crippen MR) is 113 cm³/mol.